The molecule has 1 saturated carbocycles. The van der Waals surface area contributed by atoms with Gasteiger partial charge in [0.05, 0.1) is 0 Å². The Balaban J connectivity index is 2.25. The van der Waals surface area contributed by atoms with E-state index in [-0.39, 0.29) is 0 Å². The molecule has 1 aliphatic rings. The maximum absolute atomic E-state index is 3.86. The third-order valence-corrected chi connectivity index (χ3v) is 5.02. The first-order chi connectivity index (χ1) is 9.24. The lowest BCUT2D eigenvalue weighted by atomic mass is 9.57. The zero-order chi connectivity index (χ0) is 13.7. The van der Waals surface area contributed by atoms with E-state index >= 15 is 0 Å². The maximum atomic E-state index is 3.86. The fraction of sp³-hybridized carbons (Fsp3) is 0.667. The van der Waals surface area contributed by atoms with Crippen molar-refractivity contribution in [3.63, 3.8) is 0 Å². The molecule has 19 heavy (non-hydrogen) atoms. The second kappa shape index (κ2) is 6.56. The number of hydrogen-bond acceptors (Lipinski definition) is 1. The molecule has 1 aromatic carbocycles. The summed E-state index contributed by atoms with van der Waals surface area (Å²) >= 11 is 0. The maximum Gasteiger partial charge on any atom is 0.0189 e. The second-order valence-corrected chi connectivity index (χ2v) is 6.19. The van der Waals surface area contributed by atoms with Crippen LogP contribution in [-0.4, -0.2) is 12.6 Å². The molecule has 1 aromatic rings. The van der Waals surface area contributed by atoms with Gasteiger partial charge in [-0.15, -0.1) is 0 Å². The van der Waals surface area contributed by atoms with Crippen LogP contribution < -0.4 is 5.32 Å². The summed E-state index contributed by atoms with van der Waals surface area (Å²) in [5.41, 5.74) is 1.95. The molecule has 0 aromatic heterocycles. The molecule has 0 amide bonds. The molecule has 2 unspecified atom stereocenters. The Morgan fingerprint density at radius 3 is 2.32 bits per heavy atom. The van der Waals surface area contributed by atoms with Gasteiger partial charge < -0.3 is 5.32 Å². The molecule has 0 saturated heterocycles. The van der Waals surface area contributed by atoms with Gasteiger partial charge >= 0.3 is 0 Å². The van der Waals surface area contributed by atoms with Crippen LogP contribution in [0.25, 0.3) is 0 Å². The van der Waals surface area contributed by atoms with E-state index in [1.54, 1.807) is 5.56 Å². The Morgan fingerprint density at radius 1 is 1.16 bits per heavy atom. The first-order valence-corrected chi connectivity index (χ1v) is 8.03. The highest BCUT2D eigenvalue weighted by Gasteiger charge is 2.46. The van der Waals surface area contributed by atoms with Crippen LogP contribution in [0.15, 0.2) is 30.3 Å². The van der Waals surface area contributed by atoms with Gasteiger partial charge in [-0.2, -0.15) is 0 Å². The van der Waals surface area contributed by atoms with Crippen molar-refractivity contribution in [2.45, 2.75) is 64.3 Å². The van der Waals surface area contributed by atoms with Gasteiger partial charge in [-0.05, 0) is 37.3 Å². The predicted molar refractivity (Wildman–Crippen MR) is 83.5 cm³/mol. The largest absolute Gasteiger partial charge is 0.313 e. The molecule has 2 rings (SSSR count). The minimum Gasteiger partial charge on any atom is -0.313 e. The normalized spacial score (nSPS) is 20.6. The molecule has 1 heteroatoms. The topological polar surface area (TPSA) is 12.0 Å². The summed E-state index contributed by atoms with van der Waals surface area (Å²) in [6, 6.07) is 11.8. The van der Waals surface area contributed by atoms with E-state index < -0.39 is 0 Å². The van der Waals surface area contributed by atoms with Crippen molar-refractivity contribution >= 4 is 0 Å². The number of hydrogen-bond donors (Lipinski definition) is 1. The van der Waals surface area contributed by atoms with Crippen molar-refractivity contribution in [1.82, 2.24) is 5.32 Å². The number of nitrogens with one attached hydrogen (secondary N) is 1. The molecular weight excluding hydrogens is 230 g/mol. The van der Waals surface area contributed by atoms with Gasteiger partial charge in [0.2, 0.25) is 0 Å². The molecule has 106 valence electrons. The average Bonchev–Trinajstić information content (AvgIpc) is 2.41. The van der Waals surface area contributed by atoms with E-state index in [0.717, 1.165) is 12.5 Å². The Kier molecular flexibility index (Phi) is 5.04. The number of rotatable bonds is 7. The summed E-state index contributed by atoms with van der Waals surface area (Å²) < 4.78 is 0. The third-order valence-electron chi connectivity index (χ3n) is 5.02. The average molecular weight is 259 g/mol. The van der Waals surface area contributed by atoms with Crippen molar-refractivity contribution < 1.29 is 0 Å². The summed E-state index contributed by atoms with van der Waals surface area (Å²) in [7, 11) is 0. The van der Waals surface area contributed by atoms with Crippen LogP contribution in [0.4, 0.5) is 0 Å². The van der Waals surface area contributed by atoms with Crippen LogP contribution in [0.5, 0.6) is 0 Å². The van der Waals surface area contributed by atoms with Gasteiger partial charge in [0.25, 0.3) is 0 Å². The molecule has 1 aliphatic carbocycles. The Bertz CT molecular complexity index is 367. The van der Waals surface area contributed by atoms with Gasteiger partial charge in [0.15, 0.2) is 0 Å². The van der Waals surface area contributed by atoms with E-state index in [1.807, 2.05) is 0 Å². The minimum absolute atomic E-state index is 0.395. The van der Waals surface area contributed by atoms with Crippen molar-refractivity contribution in [3.05, 3.63) is 35.9 Å². The smallest absolute Gasteiger partial charge is 0.0189 e. The zero-order valence-corrected chi connectivity index (χ0v) is 12.8. The summed E-state index contributed by atoms with van der Waals surface area (Å²) in [5, 5.41) is 3.86. The Hall–Kier alpha value is -0.820. The van der Waals surface area contributed by atoms with Crippen molar-refractivity contribution in [2.75, 3.05) is 6.54 Å². The molecule has 0 bridgehead atoms. The van der Waals surface area contributed by atoms with Crippen LogP contribution >= 0.6 is 0 Å². The first-order valence-electron chi connectivity index (χ1n) is 8.03. The second-order valence-electron chi connectivity index (χ2n) is 6.19. The lowest BCUT2D eigenvalue weighted by molar-refractivity contribution is 0.128. The van der Waals surface area contributed by atoms with E-state index in [1.165, 1.54) is 32.1 Å². The molecule has 0 aliphatic heterocycles. The van der Waals surface area contributed by atoms with Crippen molar-refractivity contribution in [1.29, 1.82) is 0 Å². The standard InChI is InChI=1S/C18H29N/c1-4-14-19-17(15(3)5-2)18(12-9-13-18)16-10-7-6-8-11-16/h6-8,10-11,15,17,19H,4-5,9,12-14H2,1-3H3. The molecule has 1 nitrogen and oxygen atoms in total. The monoisotopic (exact) mass is 259 g/mol. The van der Waals surface area contributed by atoms with Crippen molar-refractivity contribution in [2.24, 2.45) is 5.92 Å². The summed E-state index contributed by atoms with van der Waals surface area (Å²) in [6.07, 6.45) is 6.56. The van der Waals surface area contributed by atoms with Gasteiger partial charge in [-0.25, -0.2) is 0 Å². The van der Waals surface area contributed by atoms with Crippen LogP contribution in [0.1, 0.15) is 58.4 Å². The Morgan fingerprint density at radius 2 is 1.84 bits per heavy atom. The van der Waals surface area contributed by atoms with Crippen LogP contribution in [-0.2, 0) is 5.41 Å². The first kappa shape index (κ1) is 14.6. The molecule has 2 atom stereocenters. The van der Waals surface area contributed by atoms with Gasteiger partial charge in [-0.1, -0.05) is 63.9 Å². The SMILES string of the molecule is CCCNC(C(C)CC)C1(c2ccccc2)CCC1. The summed E-state index contributed by atoms with van der Waals surface area (Å²) in [4.78, 5) is 0. The molecule has 0 radical (unpaired) electrons. The molecule has 1 fully saturated rings. The predicted octanol–water partition coefficient (Wildman–Crippen LogP) is 4.52. The van der Waals surface area contributed by atoms with E-state index in [2.05, 4.69) is 56.4 Å². The fourth-order valence-electron chi connectivity index (χ4n) is 3.58. The van der Waals surface area contributed by atoms with Crippen LogP contribution in [0.2, 0.25) is 0 Å². The fourth-order valence-corrected chi connectivity index (χ4v) is 3.58. The summed E-state index contributed by atoms with van der Waals surface area (Å²) in [6.45, 7) is 8.14. The van der Waals surface area contributed by atoms with Crippen molar-refractivity contribution in [3.8, 4) is 0 Å². The molecule has 0 spiro atoms. The third kappa shape index (κ3) is 2.86. The van der Waals surface area contributed by atoms with Gasteiger partial charge in [0.1, 0.15) is 0 Å². The zero-order valence-electron chi connectivity index (χ0n) is 12.8. The highest BCUT2D eigenvalue weighted by Crippen LogP contribution is 2.48. The van der Waals surface area contributed by atoms with Gasteiger partial charge in [-0.3, -0.25) is 0 Å². The van der Waals surface area contributed by atoms with E-state index in [4.69, 9.17) is 0 Å². The highest BCUT2D eigenvalue weighted by atomic mass is 14.9. The minimum atomic E-state index is 0.395. The molecule has 0 heterocycles. The van der Waals surface area contributed by atoms with Gasteiger partial charge in [0, 0.05) is 11.5 Å². The lowest BCUT2D eigenvalue weighted by Crippen LogP contribution is -2.56. The molecule has 1 N–H and O–H groups in total. The van der Waals surface area contributed by atoms with E-state index in [9.17, 15) is 0 Å². The van der Waals surface area contributed by atoms with Crippen LogP contribution in [0, 0.1) is 5.92 Å². The van der Waals surface area contributed by atoms with Crippen LogP contribution in [0.3, 0.4) is 0 Å². The quantitative estimate of drug-likeness (QED) is 0.759. The Labute approximate surface area is 118 Å². The molecular formula is C18H29N. The number of benzene rings is 1. The summed E-state index contributed by atoms with van der Waals surface area (Å²) in [5.74, 6) is 0.743. The van der Waals surface area contributed by atoms with E-state index in [0.29, 0.717) is 11.5 Å². The lowest BCUT2D eigenvalue weighted by Gasteiger charge is -2.51. The highest BCUT2D eigenvalue weighted by molar-refractivity contribution is 5.31.